The Balaban J connectivity index is 2.53. The molecule has 0 saturated carbocycles. The van der Waals surface area contributed by atoms with Crippen LogP contribution in [-0.4, -0.2) is 42.9 Å². The van der Waals surface area contributed by atoms with E-state index in [2.05, 4.69) is 4.98 Å². The minimum atomic E-state index is -0.964. The smallest absolute Gasteiger partial charge is 0.339 e. The number of ether oxygens (including phenoxy) is 1. The highest BCUT2D eigenvalue weighted by molar-refractivity contribution is 5.98. The van der Waals surface area contributed by atoms with Crippen LogP contribution < -0.4 is 4.90 Å². The molecular formula is C15H18N2O3. The molecule has 0 aliphatic carbocycles. The lowest BCUT2D eigenvalue weighted by atomic mass is 10.1. The SMILES string of the molecule is CCN(CCOC)c1nc2ccccc2cc1C(=O)O. The number of aromatic nitrogens is 1. The van der Waals surface area contributed by atoms with Crippen LogP contribution >= 0.6 is 0 Å². The Kier molecular flexibility index (Phi) is 4.53. The van der Waals surface area contributed by atoms with Crippen molar-refractivity contribution in [3.8, 4) is 0 Å². The van der Waals surface area contributed by atoms with Gasteiger partial charge in [0.25, 0.3) is 0 Å². The highest BCUT2D eigenvalue weighted by atomic mass is 16.5. The highest BCUT2D eigenvalue weighted by Crippen LogP contribution is 2.23. The van der Waals surface area contributed by atoms with Crippen molar-refractivity contribution >= 4 is 22.7 Å². The van der Waals surface area contributed by atoms with Crippen LogP contribution in [0.3, 0.4) is 0 Å². The van der Waals surface area contributed by atoms with E-state index in [-0.39, 0.29) is 5.56 Å². The Morgan fingerprint density at radius 2 is 2.15 bits per heavy atom. The van der Waals surface area contributed by atoms with Crippen LogP contribution in [0.5, 0.6) is 0 Å². The number of pyridine rings is 1. The topological polar surface area (TPSA) is 62.7 Å². The third-order valence-electron chi connectivity index (χ3n) is 3.18. The standard InChI is InChI=1S/C15H18N2O3/c1-3-17(8-9-20-2)14-12(15(18)19)10-11-6-4-5-7-13(11)16-14/h4-7,10H,3,8-9H2,1-2H3,(H,18,19). The van der Waals surface area contributed by atoms with E-state index in [1.165, 1.54) is 0 Å². The Bertz CT molecular complexity index is 613. The van der Waals surface area contributed by atoms with Crippen LogP contribution in [0.2, 0.25) is 0 Å². The molecule has 5 nitrogen and oxygen atoms in total. The summed E-state index contributed by atoms with van der Waals surface area (Å²) in [4.78, 5) is 17.9. The van der Waals surface area contributed by atoms with Gasteiger partial charge in [-0.25, -0.2) is 9.78 Å². The highest BCUT2D eigenvalue weighted by Gasteiger charge is 2.17. The van der Waals surface area contributed by atoms with E-state index >= 15 is 0 Å². The van der Waals surface area contributed by atoms with Gasteiger partial charge in [-0.2, -0.15) is 0 Å². The van der Waals surface area contributed by atoms with Gasteiger partial charge < -0.3 is 14.7 Å². The molecule has 1 heterocycles. The first kappa shape index (κ1) is 14.3. The molecule has 2 aromatic rings. The van der Waals surface area contributed by atoms with Gasteiger partial charge in [0, 0.05) is 25.6 Å². The average molecular weight is 274 g/mol. The first-order chi connectivity index (χ1) is 9.67. The molecule has 0 aliphatic rings. The number of hydrogen-bond acceptors (Lipinski definition) is 4. The fraction of sp³-hybridized carbons (Fsp3) is 0.333. The number of carbonyl (C=O) groups is 1. The molecule has 2 rings (SSSR count). The molecule has 106 valence electrons. The van der Waals surface area contributed by atoms with Crippen molar-refractivity contribution in [2.45, 2.75) is 6.92 Å². The number of likely N-dealkylation sites (N-methyl/N-ethyl adjacent to an activating group) is 1. The van der Waals surface area contributed by atoms with Gasteiger partial charge in [0.2, 0.25) is 0 Å². The number of rotatable bonds is 6. The van der Waals surface area contributed by atoms with E-state index in [0.29, 0.717) is 25.5 Å². The number of fused-ring (bicyclic) bond motifs is 1. The number of methoxy groups -OCH3 is 1. The normalized spacial score (nSPS) is 10.7. The molecular weight excluding hydrogens is 256 g/mol. The van der Waals surface area contributed by atoms with E-state index in [1.807, 2.05) is 36.1 Å². The molecule has 0 unspecified atom stereocenters. The molecule has 5 heteroatoms. The second-order valence-corrected chi connectivity index (χ2v) is 4.43. The second kappa shape index (κ2) is 6.34. The van der Waals surface area contributed by atoms with Crippen LogP contribution in [0.25, 0.3) is 10.9 Å². The van der Waals surface area contributed by atoms with E-state index in [0.717, 1.165) is 10.9 Å². The summed E-state index contributed by atoms with van der Waals surface area (Å²) in [6.07, 6.45) is 0. The molecule has 0 amide bonds. The van der Waals surface area contributed by atoms with Gasteiger partial charge in [-0.3, -0.25) is 0 Å². The number of carboxylic acids is 1. The zero-order valence-corrected chi connectivity index (χ0v) is 11.7. The summed E-state index contributed by atoms with van der Waals surface area (Å²) in [6, 6.07) is 9.19. The number of benzene rings is 1. The summed E-state index contributed by atoms with van der Waals surface area (Å²) >= 11 is 0. The van der Waals surface area contributed by atoms with Crippen molar-refractivity contribution in [3.05, 3.63) is 35.9 Å². The molecule has 1 aromatic heterocycles. The number of para-hydroxylation sites is 1. The lowest BCUT2D eigenvalue weighted by Gasteiger charge is -2.23. The summed E-state index contributed by atoms with van der Waals surface area (Å²) < 4.78 is 5.07. The molecule has 1 aromatic carbocycles. The zero-order chi connectivity index (χ0) is 14.5. The minimum absolute atomic E-state index is 0.224. The molecule has 0 saturated heterocycles. The number of anilines is 1. The molecule has 0 atom stereocenters. The summed E-state index contributed by atoms with van der Waals surface area (Å²) in [5.74, 6) is -0.468. The quantitative estimate of drug-likeness (QED) is 0.876. The van der Waals surface area contributed by atoms with Crippen molar-refractivity contribution in [2.24, 2.45) is 0 Å². The van der Waals surface area contributed by atoms with E-state index in [9.17, 15) is 9.90 Å². The third-order valence-corrected chi connectivity index (χ3v) is 3.18. The van der Waals surface area contributed by atoms with E-state index in [1.54, 1.807) is 13.2 Å². The maximum atomic E-state index is 11.5. The first-order valence-electron chi connectivity index (χ1n) is 6.54. The summed E-state index contributed by atoms with van der Waals surface area (Å²) in [7, 11) is 1.62. The number of carboxylic acid groups (broad SMARTS) is 1. The fourth-order valence-electron chi connectivity index (χ4n) is 2.12. The van der Waals surface area contributed by atoms with Gasteiger partial charge >= 0.3 is 5.97 Å². The number of nitrogens with zero attached hydrogens (tertiary/aromatic N) is 2. The Morgan fingerprint density at radius 3 is 2.80 bits per heavy atom. The maximum Gasteiger partial charge on any atom is 0.339 e. The summed E-state index contributed by atoms with van der Waals surface area (Å²) in [6.45, 7) is 3.78. The molecule has 0 bridgehead atoms. The molecule has 20 heavy (non-hydrogen) atoms. The molecule has 0 fully saturated rings. The average Bonchev–Trinajstić information content (AvgIpc) is 2.47. The van der Waals surface area contributed by atoms with Gasteiger partial charge in [0.1, 0.15) is 11.4 Å². The Labute approximate surface area is 117 Å². The third kappa shape index (κ3) is 2.88. The molecule has 1 N–H and O–H groups in total. The van der Waals surface area contributed by atoms with Gasteiger partial charge in [-0.15, -0.1) is 0 Å². The molecule has 0 spiro atoms. The van der Waals surface area contributed by atoms with Crippen molar-refractivity contribution in [2.75, 3.05) is 31.7 Å². The van der Waals surface area contributed by atoms with Crippen molar-refractivity contribution < 1.29 is 14.6 Å². The molecule has 0 radical (unpaired) electrons. The summed E-state index contributed by atoms with van der Waals surface area (Å²) in [5, 5.41) is 10.2. The Morgan fingerprint density at radius 1 is 1.40 bits per heavy atom. The number of hydrogen-bond donors (Lipinski definition) is 1. The lowest BCUT2D eigenvalue weighted by Crippen LogP contribution is -2.29. The monoisotopic (exact) mass is 274 g/mol. The predicted molar refractivity (Wildman–Crippen MR) is 78.5 cm³/mol. The second-order valence-electron chi connectivity index (χ2n) is 4.43. The summed E-state index contributed by atoms with van der Waals surface area (Å²) in [5.41, 5.74) is 1.02. The predicted octanol–water partition coefficient (Wildman–Crippen LogP) is 2.41. The maximum absolute atomic E-state index is 11.5. The minimum Gasteiger partial charge on any atom is -0.478 e. The van der Waals surface area contributed by atoms with Crippen molar-refractivity contribution in [3.63, 3.8) is 0 Å². The van der Waals surface area contributed by atoms with E-state index in [4.69, 9.17) is 4.74 Å². The number of aromatic carboxylic acids is 1. The van der Waals surface area contributed by atoms with Gasteiger partial charge in [-0.05, 0) is 19.1 Å². The first-order valence-corrected chi connectivity index (χ1v) is 6.54. The fourth-order valence-corrected chi connectivity index (χ4v) is 2.12. The lowest BCUT2D eigenvalue weighted by molar-refractivity contribution is 0.0697. The Hall–Kier alpha value is -2.14. The van der Waals surface area contributed by atoms with Gasteiger partial charge in [-0.1, -0.05) is 18.2 Å². The largest absolute Gasteiger partial charge is 0.478 e. The van der Waals surface area contributed by atoms with Crippen molar-refractivity contribution in [1.82, 2.24) is 4.98 Å². The van der Waals surface area contributed by atoms with Crippen LogP contribution in [-0.2, 0) is 4.74 Å². The van der Waals surface area contributed by atoms with Crippen LogP contribution in [0, 0.1) is 0 Å². The van der Waals surface area contributed by atoms with Gasteiger partial charge in [0.05, 0.1) is 12.1 Å². The van der Waals surface area contributed by atoms with Crippen LogP contribution in [0.15, 0.2) is 30.3 Å². The van der Waals surface area contributed by atoms with E-state index < -0.39 is 5.97 Å². The molecule has 0 aliphatic heterocycles. The zero-order valence-electron chi connectivity index (χ0n) is 11.7. The van der Waals surface area contributed by atoms with Gasteiger partial charge in [0.15, 0.2) is 0 Å². The van der Waals surface area contributed by atoms with Crippen LogP contribution in [0.4, 0.5) is 5.82 Å². The van der Waals surface area contributed by atoms with Crippen molar-refractivity contribution in [1.29, 1.82) is 0 Å². The van der Waals surface area contributed by atoms with Crippen LogP contribution in [0.1, 0.15) is 17.3 Å².